The molecule has 0 unspecified atom stereocenters. The van der Waals surface area contributed by atoms with Gasteiger partial charge in [0.15, 0.2) is 0 Å². The molecule has 0 heterocycles. The zero-order chi connectivity index (χ0) is 4.57. The van der Waals surface area contributed by atoms with Crippen molar-refractivity contribution in [1.82, 2.24) is 0 Å². The van der Waals surface area contributed by atoms with E-state index in [1.165, 1.54) is 0 Å². The molecule has 0 aliphatic heterocycles. The second kappa shape index (κ2) is 2.50. The van der Waals surface area contributed by atoms with Crippen molar-refractivity contribution in [1.29, 1.82) is 0 Å². The van der Waals surface area contributed by atoms with Crippen molar-refractivity contribution < 1.29 is 5.11 Å². The van der Waals surface area contributed by atoms with E-state index in [1.807, 2.05) is 0 Å². The second-order valence-electron chi connectivity index (χ2n) is 1.84. The predicted octanol–water partition coefficient (Wildman–Crippen LogP) is -0.252. The summed E-state index contributed by atoms with van der Waals surface area (Å²) in [6.07, 6.45) is 1.02. The van der Waals surface area contributed by atoms with Crippen LogP contribution in [0.5, 0.6) is 0 Å². The van der Waals surface area contributed by atoms with Crippen LogP contribution < -0.4 is 5.73 Å². The highest BCUT2D eigenvalue weighted by molar-refractivity contribution is 5.85. The van der Waals surface area contributed by atoms with Crippen molar-refractivity contribution in [3.63, 3.8) is 0 Å². The van der Waals surface area contributed by atoms with Gasteiger partial charge in [0.25, 0.3) is 0 Å². The minimum absolute atomic E-state index is 0. The Hall–Kier alpha value is 0.210. The quantitative estimate of drug-likeness (QED) is 0.505. The first-order chi connectivity index (χ1) is 2.84. The van der Waals surface area contributed by atoms with Gasteiger partial charge in [-0.25, -0.2) is 0 Å². The minimum atomic E-state index is 0. The molecule has 7 heavy (non-hydrogen) atoms. The van der Waals surface area contributed by atoms with Crippen molar-refractivity contribution in [2.24, 2.45) is 11.7 Å². The number of rotatable bonds is 1. The monoisotopic (exact) mass is 123 g/mol. The van der Waals surface area contributed by atoms with Crippen LogP contribution in [0.15, 0.2) is 0 Å². The molecule has 1 fully saturated rings. The summed E-state index contributed by atoms with van der Waals surface area (Å²) in [5, 5.41) is 8.30. The van der Waals surface area contributed by atoms with Gasteiger partial charge in [0.2, 0.25) is 0 Å². The minimum Gasteiger partial charge on any atom is -0.396 e. The van der Waals surface area contributed by atoms with E-state index in [9.17, 15) is 0 Å². The van der Waals surface area contributed by atoms with E-state index < -0.39 is 0 Å². The van der Waals surface area contributed by atoms with Gasteiger partial charge in [-0.3, -0.25) is 0 Å². The van der Waals surface area contributed by atoms with Crippen LogP contribution in [0.3, 0.4) is 0 Å². The molecule has 2 atom stereocenters. The molecule has 0 aromatic rings. The van der Waals surface area contributed by atoms with Crippen LogP contribution in [0.1, 0.15) is 6.42 Å². The summed E-state index contributed by atoms with van der Waals surface area (Å²) < 4.78 is 0. The van der Waals surface area contributed by atoms with Gasteiger partial charge in [-0.2, -0.15) is 0 Å². The number of hydrogen-bond acceptors (Lipinski definition) is 2. The van der Waals surface area contributed by atoms with E-state index in [4.69, 9.17) is 10.8 Å². The van der Waals surface area contributed by atoms with Crippen LogP contribution in [-0.2, 0) is 0 Å². The number of nitrogens with two attached hydrogens (primary N) is 1. The summed E-state index contributed by atoms with van der Waals surface area (Å²) in [4.78, 5) is 0. The van der Waals surface area contributed by atoms with Gasteiger partial charge in [0, 0.05) is 12.6 Å². The predicted molar refractivity (Wildman–Crippen MR) is 30.4 cm³/mol. The fourth-order valence-corrected chi connectivity index (χ4v) is 0.481. The van der Waals surface area contributed by atoms with Gasteiger partial charge in [-0.05, 0) is 12.3 Å². The summed E-state index contributed by atoms with van der Waals surface area (Å²) in [5.74, 6) is 0.435. The fourth-order valence-electron chi connectivity index (χ4n) is 0.481. The largest absolute Gasteiger partial charge is 0.396 e. The van der Waals surface area contributed by atoms with E-state index in [0.717, 1.165) is 6.42 Å². The maximum absolute atomic E-state index is 8.30. The molecule has 2 nitrogen and oxygen atoms in total. The Morgan fingerprint density at radius 1 is 1.71 bits per heavy atom. The van der Waals surface area contributed by atoms with Crippen LogP contribution in [0.4, 0.5) is 0 Å². The Bertz CT molecular complexity index is 57.7. The fraction of sp³-hybridized carbons (Fsp3) is 1.00. The molecule has 44 valence electrons. The molecule has 0 aromatic carbocycles. The van der Waals surface area contributed by atoms with E-state index in [-0.39, 0.29) is 19.0 Å². The van der Waals surface area contributed by atoms with Gasteiger partial charge in [-0.15, -0.1) is 12.4 Å². The summed E-state index contributed by atoms with van der Waals surface area (Å²) in [5.41, 5.74) is 5.32. The van der Waals surface area contributed by atoms with Crippen LogP contribution in [0.2, 0.25) is 0 Å². The number of hydrogen-bond donors (Lipinski definition) is 2. The Balaban J connectivity index is 0.000000360. The Morgan fingerprint density at radius 2 is 2.14 bits per heavy atom. The van der Waals surface area contributed by atoms with E-state index >= 15 is 0 Å². The highest BCUT2D eigenvalue weighted by Crippen LogP contribution is 2.25. The summed E-state index contributed by atoms with van der Waals surface area (Å²) >= 11 is 0. The molecule has 1 aliphatic rings. The molecule has 1 saturated carbocycles. The third-order valence-corrected chi connectivity index (χ3v) is 1.21. The first kappa shape index (κ1) is 7.21. The van der Waals surface area contributed by atoms with Crippen molar-refractivity contribution in [3.05, 3.63) is 0 Å². The Labute approximate surface area is 49.1 Å². The normalized spacial score (nSPS) is 36.9. The van der Waals surface area contributed by atoms with E-state index in [0.29, 0.717) is 12.0 Å². The molecular formula is C4H10ClNO. The summed E-state index contributed by atoms with van der Waals surface area (Å²) in [7, 11) is 0. The molecule has 0 spiro atoms. The zero-order valence-electron chi connectivity index (χ0n) is 4.00. The average molecular weight is 124 g/mol. The van der Waals surface area contributed by atoms with Crippen molar-refractivity contribution >= 4 is 12.4 Å². The van der Waals surface area contributed by atoms with Crippen LogP contribution in [0, 0.1) is 5.92 Å². The first-order valence-corrected chi connectivity index (χ1v) is 2.21. The second-order valence-corrected chi connectivity index (χ2v) is 1.84. The maximum atomic E-state index is 8.30. The Kier molecular flexibility index (Phi) is 2.58. The number of aliphatic hydroxyl groups excluding tert-OH is 1. The Morgan fingerprint density at radius 3 is 2.14 bits per heavy atom. The van der Waals surface area contributed by atoms with Gasteiger partial charge in [0.1, 0.15) is 0 Å². The molecular weight excluding hydrogens is 114 g/mol. The number of halogens is 1. The summed E-state index contributed by atoms with van der Waals surface area (Å²) in [6, 6.07) is 0.315. The SMILES string of the molecule is Cl.N[C@@H]1C[C@@H]1CO. The topological polar surface area (TPSA) is 46.2 Å². The lowest BCUT2D eigenvalue weighted by atomic mass is 10.4. The molecule has 1 aliphatic carbocycles. The molecule has 0 saturated heterocycles. The molecule has 0 bridgehead atoms. The molecule has 1 rings (SSSR count). The van der Waals surface area contributed by atoms with Gasteiger partial charge >= 0.3 is 0 Å². The van der Waals surface area contributed by atoms with Crippen molar-refractivity contribution in [3.8, 4) is 0 Å². The lowest BCUT2D eigenvalue weighted by Crippen LogP contribution is -2.03. The molecule has 0 radical (unpaired) electrons. The first-order valence-electron chi connectivity index (χ1n) is 2.21. The van der Waals surface area contributed by atoms with Gasteiger partial charge in [-0.1, -0.05) is 0 Å². The zero-order valence-corrected chi connectivity index (χ0v) is 4.82. The van der Waals surface area contributed by atoms with Crippen molar-refractivity contribution in [2.75, 3.05) is 6.61 Å². The maximum Gasteiger partial charge on any atom is 0.0474 e. The summed E-state index contributed by atoms with van der Waals surface area (Å²) in [6.45, 7) is 0.279. The molecule has 3 heteroatoms. The molecule has 0 aromatic heterocycles. The lowest BCUT2D eigenvalue weighted by molar-refractivity contribution is 0.274. The highest BCUT2D eigenvalue weighted by Gasteiger charge is 2.31. The van der Waals surface area contributed by atoms with E-state index in [1.54, 1.807) is 0 Å². The standard InChI is InChI=1S/C4H9NO.ClH/c5-4-1-3(4)2-6;/h3-4,6H,1-2,5H2;1H/t3-,4-;/m1./s1. The van der Waals surface area contributed by atoms with Gasteiger partial charge < -0.3 is 10.8 Å². The van der Waals surface area contributed by atoms with Gasteiger partial charge in [0.05, 0.1) is 0 Å². The lowest BCUT2D eigenvalue weighted by Gasteiger charge is -1.79. The van der Waals surface area contributed by atoms with Crippen LogP contribution in [0.25, 0.3) is 0 Å². The van der Waals surface area contributed by atoms with Crippen molar-refractivity contribution in [2.45, 2.75) is 12.5 Å². The molecule has 3 N–H and O–H groups in total. The van der Waals surface area contributed by atoms with E-state index in [2.05, 4.69) is 0 Å². The average Bonchev–Trinajstić information content (AvgIpc) is 2.19. The van der Waals surface area contributed by atoms with Crippen LogP contribution in [-0.4, -0.2) is 17.8 Å². The highest BCUT2D eigenvalue weighted by atomic mass is 35.5. The third-order valence-electron chi connectivity index (χ3n) is 1.21. The molecule has 0 amide bonds. The third kappa shape index (κ3) is 1.63. The van der Waals surface area contributed by atoms with Crippen LogP contribution >= 0.6 is 12.4 Å². The smallest absolute Gasteiger partial charge is 0.0474 e. The number of aliphatic hydroxyl groups is 1.